The maximum Gasteiger partial charge on any atom is 0.308 e. The molecule has 0 aromatic heterocycles. The molecule has 0 spiro atoms. The maximum absolute atomic E-state index is 11.8. The number of carbonyl (C=O) groups excluding carboxylic acids is 1. The van der Waals surface area contributed by atoms with Gasteiger partial charge in [0.1, 0.15) is 0 Å². The zero-order chi connectivity index (χ0) is 12.8. The predicted molar refractivity (Wildman–Crippen MR) is 65.6 cm³/mol. The van der Waals surface area contributed by atoms with Gasteiger partial charge in [-0.3, -0.25) is 9.59 Å². The molecule has 1 rings (SSSR count). The Kier molecular flexibility index (Phi) is 5.19. The number of hydrogen-bond donors (Lipinski definition) is 2. The predicted octanol–water partition coefficient (Wildman–Crippen LogP) is 2.10. The molecule has 1 amide bonds. The van der Waals surface area contributed by atoms with E-state index in [1.165, 1.54) is 0 Å². The van der Waals surface area contributed by atoms with Crippen molar-refractivity contribution < 1.29 is 14.7 Å². The molecule has 2 atom stereocenters. The first kappa shape index (κ1) is 13.7. The van der Waals surface area contributed by atoms with Gasteiger partial charge in [-0.05, 0) is 26.2 Å². The number of carbonyl (C=O) groups is 2. The normalized spacial score (nSPS) is 25.4. The van der Waals surface area contributed by atoms with E-state index in [0.717, 1.165) is 25.7 Å². The van der Waals surface area contributed by atoms with Gasteiger partial charge in [-0.1, -0.05) is 25.8 Å². The van der Waals surface area contributed by atoms with Crippen molar-refractivity contribution in [3.63, 3.8) is 0 Å². The molecule has 0 bridgehead atoms. The number of allylic oxidation sites excluding steroid dienone is 1. The van der Waals surface area contributed by atoms with Gasteiger partial charge < -0.3 is 10.4 Å². The van der Waals surface area contributed by atoms with Crippen molar-refractivity contribution in [3.05, 3.63) is 11.6 Å². The van der Waals surface area contributed by atoms with Gasteiger partial charge in [-0.25, -0.2) is 0 Å². The topological polar surface area (TPSA) is 66.4 Å². The summed E-state index contributed by atoms with van der Waals surface area (Å²) in [4.78, 5) is 22.9. The third-order valence-corrected chi connectivity index (χ3v) is 3.27. The minimum absolute atomic E-state index is 0.134. The lowest BCUT2D eigenvalue weighted by molar-refractivity contribution is -0.144. The minimum Gasteiger partial charge on any atom is -0.481 e. The molecule has 0 heterocycles. The zero-order valence-corrected chi connectivity index (χ0v) is 10.5. The molecule has 96 valence electrons. The average molecular weight is 239 g/mol. The lowest BCUT2D eigenvalue weighted by atomic mass is 9.84. The molecule has 1 saturated carbocycles. The smallest absolute Gasteiger partial charge is 0.308 e. The van der Waals surface area contributed by atoms with Crippen LogP contribution in [0.2, 0.25) is 0 Å². The summed E-state index contributed by atoms with van der Waals surface area (Å²) in [6, 6.07) is -0.214. The number of hydrogen-bond acceptors (Lipinski definition) is 2. The summed E-state index contributed by atoms with van der Waals surface area (Å²) < 4.78 is 0. The van der Waals surface area contributed by atoms with Crippen LogP contribution in [0.1, 0.15) is 46.0 Å². The number of aliphatic carboxylic acids is 1. The Morgan fingerprint density at radius 2 is 2.00 bits per heavy atom. The molecule has 4 nitrogen and oxygen atoms in total. The first-order valence-electron chi connectivity index (χ1n) is 6.26. The summed E-state index contributed by atoms with van der Waals surface area (Å²) in [7, 11) is 0. The lowest BCUT2D eigenvalue weighted by Crippen LogP contribution is -2.45. The van der Waals surface area contributed by atoms with Crippen molar-refractivity contribution >= 4 is 11.9 Å². The van der Waals surface area contributed by atoms with Gasteiger partial charge in [0.15, 0.2) is 0 Å². The molecule has 1 fully saturated rings. The maximum atomic E-state index is 11.8. The highest BCUT2D eigenvalue weighted by molar-refractivity contribution is 5.93. The third-order valence-electron chi connectivity index (χ3n) is 3.27. The van der Waals surface area contributed by atoms with Crippen LogP contribution in [0.5, 0.6) is 0 Å². The molecule has 0 aromatic carbocycles. The highest BCUT2D eigenvalue weighted by atomic mass is 16.4. The third kappa shape index (κ3) is 3.88. The number of rotatable bonds is 4. The molecule has 0 aliphatic heterocycles. The van der Waals surface area contributed by atoms with E-state index in [1.807, 2.05) is 13.0 Å². The van der Waals surface area contributed by atoms with Crippen LogP contribution in [-0.4, -0.2) is 23.0 Å². The van der Waals surface area contributed by atoms with E-state index in [1.54, 1.807) is 6.92 Å². The fraction of sp³-hybridized carbons (Fsp3) is 0.692. The van der Waals surface area contributed by atoms with Crippen LogP contribution in [0.25, 0.3) is 0 Å². The van der Waals surface area contributed by atoms with E-state index in [9.17, 15) is 9.59 Å². The van der Waals surface area contributed by atoms with Crippen LogP contribution >= 0.6 is 0 Å². The Bertz CT molecular complexity index is 323. The summed E-state index contributed by atoms with van der Waals surface area (Å²) in [6.45, 7) is 3.73. The van der Waals surface area contributed by atoms with Gasteiger partial charge in [0.25, 0.3) is 0 Å². The number of carboxylic acid groups (broad SMARTS) is 1. The number of carboxylic acids is 1. The van der Waals surface area contributed by atoms with Crippen LogP contribution in [0.3, 0.4) is 0 Å². The number of amides is 1. The largest absolute Gasteiger partial charge is 0.481 e. The quantitative estimate of drug-likeness (QED) is 0.738. The molecule has 2 unspecified atom stereocenters. The highest BCUT2D eigenvalue weighted by Crippen LogP contribution is 2.24. The van der Waals surface area contributed by atoms with Gasteiger partial charge >= 0.3 is 5.97 Å². The Hall–Kier alpha value is -1.32. The molecular formula is C13H21NO3. The fourth-order valence-corrected chi connectivity index (χ4v) is 2.28. The van der Waals surface area contributed by atoms with Gasteiger partial charge in [0.05, 0.1) is 5.92 Å². The standard InChI is InChI=1S/C13H21NO3/c1-3-6-9(2)12(15)14-11-8-5-4-7-10(11)13(16)17/h6,10-11H,3-5,7-8H2,1-2H3,(H,14,15)(H,16,17). The van der Waals surface area contributed by atoms with Crippen molar-refractivity contribution in [2.75, 3.05) is 0 Å². The molecule has 4 heteroatoms. The monoisotopic (exact) mass is 239 g/mol. The summed E-state index contributed by atoms with van der Waals surface area (Å²) in [6.07, 6.45) is 6.03. The van der Waals surface area contributed by atoms with E-state index >= 15 is 0 Å². The van der Waals surface area contributed by atoms with Gasteiger partial charge in [0.2, 0.25) is 5.91 Å². The van der Waals surface area contributed by atoms with Crippen LogP contribution in [0, 0.1) is 5.92 Å². The van der Waals surface area contributed by atoms with Crippen LogP contribution < -0.4 is 5.32 Å². The summed E-state index contributed by atoms with van der Waals surface area (Å²) in [5, 5.41) is 11.9. The SMILES string of the molecule is CCC=C(C)C(=O)NC1CCCCC1C(=O)O. The van der Waals surface area contributed by atoms with Crippen molar-refractivity contribution in [1.29, 1.82) is 0 Å². The van der Waals surface area contributed by atoms with Crippen LogP contribution in [-0.2, 0) is 9.59 Å². The Balaban J connectivity index is 2.62. The van der Waals surface area contributed by atoms with E-state index < -0.39 is 11.9 Å². The Morgan fingerprint density at radius 1 is 1.35 bits per heavy atom. The highest BCUT2D eigenvalue weighted by Gasteiger charge is 2.31. The second-order valence-corrected chi connectivity index (χ2v) is 4.60. The van der Waals surface area contributed by atoms with Gasteiger partial charge in [-0.2, -0.15) is 0 Å². The molecule has 17 heavy (non-hydrogen) atoms. The van der Waals surface area contributed by atoms with E-state index in [2.05, 4.69) is 5.32 Å². The Morgan fingerprint density at radius 3 is 2.59 bits per heavy atom. The van der Waals surface area contributed by atoms with Crippen LogP contribution in [0.4, 0.5) is 0 Å². The van der Waals surface area contributed by atoms with E-state index in [0.29, 0.717) is 12.0 Å². The average Bonchev–Trinajstić information content (AvgIpc) is 2.29. The molecule has 1 aliphatic carbocycles. The van der Waals surface area contributed by atoms with Gasteiger partial charge in [0, 0.05) is 11.6 Å². The lowest BCUT2D eigenvalue weighted by Gasteiger charge is -2.29. The van der Waals surface area contributed by atoms with E-state index in [-0.39, 0.29) is 11.9 Å². The molecule has 2 N–H and O–H groups in total. The zero-order valence-electron chi connectivity index (χ0n) is 10.5. The summed E-state index contributed by atoms with van der Waals surface area (Å²) in [5.41, 5.74) is 0.669. The fourth-order valence-electron chi connectivity index (χ4n) is 2.28. The second kappa shape index (κ2) is 6.42. The molecule has 1 aliphatic rings. The van der Waals surface area contributed by atoms with Crippen molar-refractivity contribution in [3.8, 4) is 0 Å². The van der Waals surface area contributed by atoms with Crippen molar-refractivity contribution in [1.82, 2.24) is 5.32 Å². The molecule has 0 radical (unpaired) electrons. The Labute approximate surface area is 102 Å². The summed E-state index contributed by atoms with van der Waals surface area (Å²) in [5.74, 6) is -1.36. The van der Waals surface area contributed by atoms with Crippen molar-refractivity contribution in [2.24, 2.45) is 5.92 Å². The summed E-state index contributed by atoms with van der Waals surface area (Å²) >= 11 is 0. The number of nitrogens with one attached hydrogen (secondary N) is 1. The second-order valence-electron chi connectivity index (χ2n) is 4.60. The van der Waals surface area contributed by atoms with Gasteiger partial charge in [-0.15, -0.1) is 0 Å². The molecule has 0 aromatic rings. The molecular weight excluding hydrogens is 218 g/mol. The first-order valence-corrected chi connectivity index (χ1v) is 6.26. The molecule has 0 saturated heterocycles. The van der Waals surface area contributed by atoms with Crippen molar-refractivity contribution in [2.45, 2.75) is 52.0 Å². The van der Waals surface area contributed by atoms with E-state index in [4.69, 9.17) is 5.11 Å². The van der Waals surface area contributed by atoms with Crippen LogP contribution in [0.15, 0.2) is 11.6 Å². The minimum atomic E-state index is -0.799. The first-order chi connectivity index (χ1) is 8.06.